The third kappa shape index (κ3) is 5.33. The van der Waals surface area contributed by atoms with Gasteiger partial charge in [0, 0.05) is 45.9 Å². The van der Waals surface area contributed by atoms with Crippen LogP contribution in [0.1, 0.15) is 95.8 Å². The number of nitrogens with zero attached hydrogens (tertiary/aromatic N) is 2. The highest BCUT2D eigenvalue weighted by Gasteiger charge is 2.40. The second kappa shape index (κ2) is 12.2. The van der Waals surface area contributed by atoms with E-state index in [0.717, 1.165) is 36.7 Å². The molecule has 0 spiro atoms. The van der Waals surface area contributed by atoms with E-state index >= 15 is 0 Å². The number of para-hydroxylation sites is 2. The molecule has 0 atom stereocenters. The van der Waals surface area contributed by atoms with Gasteiger partial charge in [-0.3, -0.25) is 9.59 Å². The molecule has 2 heterocycles. The summed E-state index contributed by atoms with van der Waals surface area (Å²) >= 11 is 1.70. The molecule has 0 amide bonds. The van der Waals surface area contributed by atoms with Crippen LogP contribution in [0.25, 0.3) is 12.2 Å². The molecule has 210 valence electrons. The van der Waals surface area contributed by atoms with Gasteiger partial charge in [0.2, 0.25) is 10.9 Å². The van der Waals surface area contributed by atoms with E-state index in [9.17, 15) is 9.59 Å². The molecule has 5 heteroatoms. The molecule has 2 aliphatic rings. The fourth-order valence-corrected chi connectivity index (χ4v) is 7.23. The van der Waals surface area contributed by atoms with E-state index in [1.54, 1.807) is 11.8 Å². The minimum absolute atomic E-state index is 0.255. The van der Waals surface area contributed by atoms with Crippen LogP contribution in [0, 0.1) is 0 Å². The van der Waals surface area contributed by atoms with Gasteiger partial charge in [-0.25, -0.2) is 0 Å². The smallest absolute Gasteiger partial charge is 0.234 e. The highest BCUT2D eigenvalue weighted by atomic mass is 32.2. The molecule has 0 unspecified atom stereocenters. The van der Waals surface area contributed by atoms with Crippen molar-refractivity contribution < 1.29 is 0 Å². The first-order valence-electron chi connectivity index (χ1n) is 15.1. The van der Waals surface area contributed by atoms with Crippen molar-refractivity contribution in [2.45, 2.75) is 89.4 Å². The maximum absolute atomic E-state index is 13.0. The van der Waals surface area contributed by atoms with E-state index in [4.69, 9.17) is 0 Å². The first-order valence-corrected chi connectivity index (χ1v) is 15.9. The summed E-state index contributed by atoms with van der Waals surface area (Å²) in [5, 5.41) is 1.04. The quantitative estimate of drug-likeness (QED) is 0.166. The lowest BCUT2D eigenvalue weighted by Crippen LogP contribution is -2.38. The Morgan fingerprint density at radius 1 is 0.700 bits per heavy atom. The zero-order chi connectivity index (χ0) is 28.3. The van der Waals surface area contributed by atoms with Crippen molar-refractivity contribution in [1.29, 1.82) is 0 Å². The van der Waals surface area contributed by atoms with Crippen molar-refractivity contribution in [2.75, 3.05) is 22.9 Å². The Morgan fingerprint density at radius 3 is 1.95 bits per heavy atom. The van der Waals surface area contributed by atoms with Crippen LogP contribution in [-0.4, -0.2) is 13.1 Å². The molecule has 4 nitrogen and oxygen atoms in total. The number of fused-ring (bicyclic) bond motifs is 2. The molecule has 0 saturated carbocycles. The van der Waals surface area contributed by atoms with Crippen LogP contribution >= 0.6 is 11.8 Å². The van der Waals surface area contributed by atoms with Crippen molar-refractivity contribution in [3.8, 4) is 0 Å². The highest BCUT2D eigenvalue weighted by Crippen LogP contribution is 2.49. The normalized spacial score (nSPS) is 17.8. The van der Waals surface area contributed by atoms with Crippen molar-refractivity contribution in [3.63, 3.8) is 0 Å². The maximum Gasteiger partial charge on any atom is 0.234 e. The average molecular weight is 555 g/mol. The number of hydrogen-bond acceptors (Lipinski definition) is 5. The maximum atomic E-state index is 13.0. The van der Waals surface area contributed by atoms with Crippen LogP contribution in [0.5, 0.6) is 0 Å². The molecule has 5 rings (SSSR count). The van der Waals surface area contributed by atoms with Gasteiger partial charge in [-0.1, -0.05) is 108 Å². The summed E-state index contributed by atoms with van der Waals surface area (Å²) in [5.41, 5.74) is 4.89. The summed E-state index contributed by atoms with van der Waals surface area (Å²) in [5.74, 6) is 0. The topological polar surface area (TPSA) is 40.6 Å². The Balaban J connectivity index is 1.50. The fraction of sp³-hybridized carbons (Fsp3) is 0.429. The van der Waals surface area contributed by atoms with Crippen LogP contribution in [0.2, 0.25) is 0 Å². The van der Waals surface area contributed by atoms with Crippen LogP contribution in [0.4, 0.5) is 11.4 Å². The molecule has 0 saturated heterocycles. The molecule has 0 radical (unpaired) electrons. The predicted octanol–water partition coefficient (Wildman–Crippen LogP) is 8.49. The van der Waals surface area contributed by atoms with Gasteiger partial charge in [0.15, 0.2) is 0 Å². The second-order valence-corrected chi connectivity index (χ2v) is 12.7. The largest absolute Gasteiger partial charge is 0.344 e. The molecule has 2 aliphatic heterocycles. The third-order valence-electron chi connectivity index (χ3n) is 8.44. The molecule has 0 aliphatic carbocycles. The summed E-state index contributed by atoms with van der Waals surface area (Å²) in [6.07, 6.45) is 13.4. The lowest BCUT2D eigenvalue weighted by molar-refractivity contribution is 0.616. The Labute approximate surface area is 243 Å². The molecule has 40 heavy (non-hydrogen) atoms. The lowest BCUT2D eigenvalue weighted by atomic mass is 9.82. The molecular formula is C35H42N2O2S. The zero-order valence-electron chi connectivity index (χ0n) is 24.5. The van der Waals surface area contributed by atoms with Crippen molar-refractivity contribution in [2.24, 2.45) is 0 Å². The van der Waals surface area contributed by atoms with E-state index in [-0.39, 0.29) is 16.3 Å². The van der Waals surface area contributed by atoms with Crippen molar-refractivity contribution in [3.05, 3.63) is 96.4 Å². The van der Waals surface area contributed by atoms with E-state index in [2.05, 4.69) is 86.0 Å². The minimum Gasteiger partial charge on any atom is -0.344 e. The third-order valence-corrected chi connectivity index (χ3v) is 9.55. The van der Waals surface area contributed by atoms with Gasteiger partial charge in [-0.15, -0.1) is 0 Å². The Morgan fingerprint density at radius 2 is 1.27 bits per heavy atom. The molecule has 3 aromatic rings. The van der Waals surface area contributed by atoms with E-state index in [0.29, 0.717) is 11.1 Å². The summed E-state index contributed by atoms with van der Waals surface area (Å²) in [6, 6.07) is 17.0. The van der Waals surface area contributed by atoms with E-state index in [1.807, 2.05) is 12.2 Å². The van der Waals surface area contributed by atoms with Gasteiger partial charge in [0.05, 0.1) is 10.7 Å². The standard InChI is InChI=1S/C35H42N2O2S/c1-5-7-9-15-21-36-28-18-12-11-17-27(28)35(3,4)31(36)23-25-26(34(39)33(25)38)24-32-37(22-16-10-8-6-2)29-19-13-14-20-30(29)40-32/h11-14,17-20,23-24H,5-10,15-16,21-22H2,1-4H3/b31-23+,32-24-. The first-order chi connectivity index (χ1) is 19.4. The average Bonchev–Trinajstić information content (AvgIpc) is 3.42. The van der Waals surface area contributed by atoms with Gasteiger partial charge in [0.1, 0.15) is 0 Å². The number of benzene rings is 2. The summed E-state index contributed by atoms with van der Waals surface area (Å²) in [7, 11) is 0. The van der Waals surface area contributed by atoms with Crippen LogP contribution in [0.15, 0.2) is 73.7 Å². The number of hydrogen-bond donors (Lipinski definition) is 0. The van der Waals surface area contributed by atoms with Gasteiger partial charge in [-0.2, -0.15) is 0 Å². The Bertz CT molecular complexity index is 1490. The van der Waals surface area contributed by atoms with Gasteiger partial charge in [0.25, 0.3) is 0 Å². The Hall–Kier alpha value is -3.05. The molecule has 0 bridgehead atoms. The number of thioether (sulfide) groups is 1. The van der Waals surface area contributed by atoms with Gasteiger partial charge < -0.3 is 9.80 Å². The van der Waals surface area contributed by atoms with Crippen LogP contribution < -0.4 is 20.7 Å². The van der Waals surface area contributed by atoms with E-state index < -0.39 is 0 Å². The number of allylic oxidation sites excluding steroid dienone is 1. The lowest BCUT2D eigenvalue weighted by Gasteiger charge is -2.28. The molecule has 0 fully saturated rings. The van der Waals surface area contributed by atoms with E-state index in [1.165, 1.54) is 60.4 Å². The zero-order valence-corrected chi connectivity index (χ0v) is 25.3. The highest BCUT2D eigenvalue weighted by molar-refractivity contribution is 8.03. The summed E-state index contributed by atoms with van der Waals surface area (Å²) in [6.45, 7) is 10.7. The molecule has 3 aromatic carbocycles. The molecular weight excluding hydrogens is 512 g/mol. The summed E-state index contributed by atoms with van der Waals surface area (Å²) in [4.78, 5) is 32.0. The number of anilines is 2. The van der Waals surface area contributed by atoms with Gasteiger partial charge >= 0.3 is 0 Å². The summed E-state index contributed by atoms with van der Waals surface area (Å²) < 4.78 is 0. The number of unbranched alkanes of at least 4 members (excludes halogenated alkanes) is 6. The minimum atomic E-state index is -0.371. The van der Waals surface area contributed by atoms with Crippen LogP contribution in [-0.2, 0) is 5.41 Å². The Kier molecular flexibility index (Phi) is 8.70. The second-order valence-electron chi connectivity index (χ2n) is 11.6. The molecule has 0 aromatic heterocycles. The SMILES string of the molecule is CCCCCCN1/C(=C/c2c(/C=C3/N(CCCCCC)c4ccccc4C3(C)C)c(=O)c2=O)Sc2ccccc21. The predicted molar refractivity (Wildman–Crippen MR) is 172 cm³/mol. The van der Waals surface area contributed by atoms with Gasteiger partial charge in [-0.05, 0) is 48.8 Å². The fourth-order valence-electron chi connectivity index (χ4n) is 6.10. The monoisotopic (exact) mass is 554 g/mol. The van der Waals surface area contributed by atoms with Crippen molar-refractivity contribution >= 4 is 35.3 Å². The van der Waals surface area contributed by atoms with Crippen molar-refractivity contribution in [1.82, 2.24) is 0 Å². The number of rotatable bonds is 12. The van der Waals surface area contributed by atoms with Crippen LogP contribution in [0.3, 0.4) is 0 Å². The first kappa shape index (κ1) is 28.5. The molecule has 0 N–H and O–H groups in total.